The van der Waals surface area contributed by atoms with Crippen LogP contribution in [-0.4, -0.2) is 0 Å². The van der Waals surface area contributed by atoms with Gasteiger partial charge in [-0.3, -0.25) is 0 Å². The van der Waals surface area contributed by atoms with Crippen LogP contribution in [0.4, 0.5) is 0 Å². The average Bonchev–Trinajstić information content (AvgIpc) is 2.64. The highest BCUT2D eigenvalue weighted by atomic mass is 16.5. The third kappa shape index (κ3) is 2.22. The maximum atomic E-state index is 6.61. The Bertz CT molecular complexity index is 1250. The zero-order chi connectivity index (χ0) is 18.9. The summed E-state index contributed by atoms with van der Waals surface area (Å²) in [6.07, 6.45) is 2.21. The van der Waals surface area contributed by atoms with Gasteiger partial charge in [0.05, 0.1) is 5.56 Å². The van der Waals surface area contributed by atoms with Crippen LogP contribution in [0.5, 0.6) is 11.5 Å². The molecule has 2 heterocycles. The zero-order valence-electron chi connectivity index (χ0n) is 16.6. The van der Waals surface area contributed by atoms with Gasteiger partial charge in [-0.1, -0.05) is 44.2 Å². The molecule has 27 heavy (non-hydrogen) atoms. The van der Waals surface area contributed by atoms with E-state index in [9.17, 15) is 0 Å². The summed E-state index contributed by atoms with van der Waals surface area (Å²) in [5.41, 5.74) is 6.45. The maximum absolute atomic E-state index is 6.61. The molecule has 0 amide bonds. The molecule has 134 valence electrons. The standard InChI is InChI=1S/C25H24NO/c1-14(2)18-11-19-10-15(3)16(4)22-23(19)21(12-18)27-25-20-9-7-6-8-17(20)13-26(5)24(22)25/h6-14H,1-5H3/q+1. The number of benzene rings is 3. The summed E-state index contributed by atoms with van der Waals surface area (Å²) in [5, 5.41) is 4.87. The van der Waals surface area contributed by atoms with Crippen LogP contribution in [-0.2, 0) is 7.05 Å². The predicted octanol–water partition coefficient (Wildman–Crippen LogP) is 6.33. The van der Waals surface area contributed by atoms with Crippen LogP contribution in [0.25, 0.3) is 32.8 Å². The molecule has 0 saturated heterocycles. The Kier molecular flexibility index (Phi) is 3.36. The monoisotopic (exact) mass is 354 g/mol. The summed E-state index contributed by atoms with van der Waals surface area (Å²) in [6.45, 7) is 8.92. The minimum atomic E-state index is 0.462. The number of aromatic nitrogens is 1. The normalized spacial score (nSPS) is 12.5. The van der Waals surface area contributed by atoms with Crippen molar-refractivity contribution in [3.63, 3.8) is 0 Å². The number of aryl methyl sites for hydroxylation is 2. The lowest BCUT2D eigenvalue weighted by molar-refractivity contribution is -0.659. The van der Waals surface area contributed by atoms with Gasteiger partial charge < -0.3 is 4.74 Å². The van der Waals surface area contributed by atoms with E-state index in [1.807, 2.05) is 0 Å². The molecule has 2 heteroatoms. The summed E-state index contributed by atoms with van der Waals surface area (Å²) in [4.78, 5) is 0. The van der Waals surface area contributed by atoms with E-state index in [-0.39, 0.29) is 0 Å². The number of pyridine rings is 1. The molecule has 0 saturated carbocycles. The van der Waals surface area contributed by atoms with E-state index in [0.717, 1.165) is 11.5 Å². The van der Waals surface area contributed by atoms with E-state index in [4.69, 9.17) is 4.74 Å². The Morgan fingerprint density at radius 1 is 0.963 bits per heavy atom. The van der Waals surface area contributed by atoms with Crippen molar-refractivity contribution >= 4 is 21.5 Å². The number of hydrogen-bond donors (Lipinski definition) is 0. The van der Waals surface area contributed by atoms with Crippen LogP contribution in [0.2, 0.25) is 0 Å². The van der Waals surface area contributed by atoms with Crippen LogP contribution in [0.15, 0.2) is 48.7 Å². The summed E-state index contributed by atoms with van der Waals surface area (Å²) < 4.78 is 8.83. The van der Waals surface area contributed by atoms with E-state index in [2.05, 4.69) is 88.0 Å². The van der Waals surface area contributed by atoms with Crippen molar-refractivity contribution in [2.24, 2.45) is 7.05 Å². The Morgan fingerprint density at radius 3 is 2.52 bits per heavy atom. The summed E-state index contributed by atoms with van der Waals surface area (Å²) in [6, 6.07) is 15.3. The molecule has 1 aliphatic heterocycles. The minimum absolute atomic E-state index is 0.462. The van der Waals surface area contributed by atoms with E-state index in [0.29, 0.717) is 5.92 Å². The van der Waals surface area contributed by atoms with Crippen LogP contribution >= 0.6 is 0 Å². The molecule has 5 rings (SSSR count). The topological polar surface area (TPSA) is 13.1 Å². The number of hydrogen-bond acceptors (Lipinski definition) is 1. The second-order valence-corrected chi connectivity index (χ2v) is 8.07. The molecule has 0 unspecified atom stereocenters. The summed E-state index contributed by atoms with van der Waals surface area (Å²) in [5.74, 6) is 2.42. The van der Waals surface area contributed by atoms with Crippen LogP contribution in [0.1, 0.15) is 36.5 Å². The first-order valence-corrected chi connectivity index (χ1v) is 9.63. The molecular weight excluding hydrogens is 330 g/mol. The van der Waals surface area contributed by atoms with Crippen molar-refractivity contribution in [1.82, 2.24) is 0 Å². The highest BCUT2D eigenvalue weighted by Gasteiger charge is 2.32. The van der Waals surface area contributed by atoms with Crippen LogP contribution < -0.4 is 9.30 Å². The van der Waals surface area contributed by atoms with E-state index >= 15 is 0 Å². The second-order valence-electron chi connectivity index (χ2n) is 8.07. The van der Waals surface area contributed by atoms with Crippen molar-refractivity contribution in [2.75, 3.05) is 0 Å². The van der Waals surface area contributed by atoms with Gasteiger partial charge in [-0.05, 0) is 54.0 Å². The molecule has 0 N–H and O–H groups in total. The van der Waals surface area contributed by atoms with Crippen molar-refractivity contribution in [2.45, 2.75) is 33.6 Å². The fourth-order valence-corrected chi connectivity index (χ4v) is 4.36. The van der Waals surface area contributed by atoms with Gasteiger partial charge in [0.2, 0.25) is 5.75 Å². The molecule has 0 spiro atoms. The average molecular weight is 354 g/mol. The van der Waals surface area contributed by atoms with Gasteiger partial charge >= 0.3 is 0 Å². The first-order valence-electron chi connectivity index (χ1n) is 9.63. The molecule has 1 aromatic heterocycles. The zero-order valence-corrected chi connectivity index (χ0v) is 16.6. The molecular formula is C25H24NO+. The largest absolute Gasteiger partial charge is 0.449 e. The number of rotatable bonds is 1. The van der Waals surface area contributed by atoms with Crippen LogP contribution in [0, 0.1) is 13.8 Å². The highest BCUT2D eigenvalue weighted by Crippen LogP contribution is 2.50. The third-order valence-corrected chi connectivity index (χ3v) is 5.96. The smallest absolute Gasteiger partial charge is 0.257 e. The molecule has 0 atom stereocenters. The van der Waals surface area contributed by atoms with E-state index in [1.54, 1.807) is 0 Å². The van der Waals surface area contributed by atoms with Crippen molar-refractivity contribution in [3.8, 4) is 22.8 Å². The van der Waals surface area contributed by atoms with E-state index < -0.39 is 0 Å². The van der Waals surface area contributed by atoms with Gasteiger partial charge in [0.25, 0.3) is 5.69 Å². The molecule has 2 nitrogen and oxygen atoms in total. The Hall–Kier alpha value is -2.87. The predicted molar refractivity (Wildman–Crippen MR) is 112 cm³/mol. The quantitative estimate of drug-likeness (QED) is 0.321. The van der Waals surface area contributed by atoms with Gasteiger partial charge in [-0.2, -0.15) is 4.57 Å². The number of ether oxygens (including phenoxy) is 1. The van der Waals surface area contributed by atoms with Crippen molar-refractivity contribution in [3.05, 3.63) is 65.4 Å². The molecule has 0 bridgehead atoms. The van der Waals surface area contributed by atoms with Gasteiger partial charge in [0, 0.05) is 16.2 Å². The molecule has 0 aliphatic carbocycles. The van der Waals surface area contributed by atoms with Crippen LogP contribution in [0.3, 0.4) is 0 Å². The van der Waals surface area contributed by atoms with Gasteiger partial charge in [-0.15, -0.1) is 0 Å². The Labute approximate surface area is 160 Å². The molecule has 0 fully saturated rings. The number of nitrogens with zero attached hydrogens (tertiary/aromatic N) is 1. The first kappa shape index (κ1) is 16.3. The lowest BCUT2D eigenvalue weighted by atomic mass is 9.88. The van der Waals surface area contributed by atoms with Crippen molar-refractivity contribution in [1.29, 1.82) is 0 Å². The third-order valence-electron chi connectivity index (χ3n) is 5.96. The molecule has 3 aromatic carbocycles. The molecule has 0 radical (unpaired) electrons. The summed E-state index contributed by atoms with van der Waals surface area (Å²) >= 11 is 0. The van der Waals surface area contributed by atoms with Gasteiger partial charge in [0.15, 0.2) is 6.20 Å². The fourth-order valence-electron chi connectivity index (χ4n) is 4.36. The number of fused-ring (bicyclic) bond motifs is 4. The first-order chi connectivity index (χ1) is 13.0. The minimum Gasteiger partial charge on any atom is -0.449 e. The van der Waals surface area contributed by atoms with Gasteiger partial charge in [0.1, 0.15) is 12.8 Å². The lowest BCUT2D eigenvalue weighted by Crippen LogP contribution is -2.32. The molecule has 4 aromatic rings. The SMILES string of the molecule is Cc1cc2cc(C(C)C)cc3c2c(c1C)-c1c(c2ccccc2c[n+]1C)O3. The fraction of sp³-hybridized carbons (Fsp3) is 0.240. The Balaban J connectivity index is 2.00. The lowest BCUT2D eigenvalue weighted by Gasteiger charge is -2.24. The Morgan fingerprint density at radius 2 is 1.74 bits per heavy atom. The summed E-state index contributed by atoms with van der Waals surface area (Å²) in [7, 11) is 2.12. The van der Waals surface area contributed by atoms with E-state index in [1.165, 1.54) is 49.5 Å². The second kappa shape index (κ2) is 5.56. The maximum Gasteiger partial charge on any atom is 0.257 e. The van der Waals surface area contributed by atoms with Gasteiger partial charge in [-0.25, -0.2) is 0 Å². The van der Waals surface area contributed by atoms with Crippen molar-refractivity contribution < 1.29 is 9.30 Å². The highest BCUT2D eigenvalue weighted by molar-refractivity contribution is 6.07. The molecule has 1 aliphatic rings.